The summed E-state index contributed by atoms with van der Waals surface area (Å²) < 4.78 is 0. The number of hydrogen-bond donors (Lipinski definition) is 0. The number of rotatable bonds is 0. The first-order valence-electron chi connectivity index (χ1n) is 3.33. The van der Waals surface area contributed by atoms with Crippen LogP contribution in [0.5, 0.6) is 0 Å². The van der Waals surface area contributed by atoms with Crippen LogP contribution in [0.25, 0.3) is 0 Å². The molecule has 0 N–H and O–H groups in total. The molecule has 0 saturated heterocycles. The van der Waals surface area contributed by atoms with E-state index < -0.39 is 0 Å². The third-order valence-electron chi connectivity index (χ3n) is 2.18. The average Bonchev–Trinajstić information content (AvgIpc) is 1.98. The molecule has 1 rings (SSSR count). The average molecular weight is 129 g/mol. The molecule has 0 aliphatic heterocycles. The molecule has 0 heterocycles. The van der Waals surface area contributed by atoms with Crippen molar-refractivity contribution in [1.82, 2.24) is 0 Å². The van der Waals surface area contributed by atoms with E-state index in [-0.39, 0.29) is 18.9 Å². The summed E-state index contributed by atoms with van der Waals surface area (Å²) >= 11 is 0. The van der Waals surface area contributed by atoms with Crippen molar-refractivity contribution < 1.29 is 0 Å². The van der Waals surface area contributed by atoms with Crippen molar-refractivity contribution in [1.29, 1.82) is 0 Å². The van der Waals surface area contributed by atoms with Crippen molar-refractivity contribution >= 4 is 18.9 Å². The van der Waals surface area contributed by atoms with E-state index in [1.165, 1.54) is 22.3 Å². The number of hydrogen-bond acceptors (Lipinski definition) is 0. The van der Waals surface area contributed by atoms with Crippen molar-refractivity contribution in [3.8, 4) is 0 Å². The van der Waals surface area contributed by atoms with Gasteiger partial charge in [-0.3, -0.25) is 0 Å². The second-order valence-corrected chi connectivity index (χ2v) is 2.76. The summed E-state index contributed by atoms with van der Waals surface area (Å²) in [6.07, 6.45) is 2.24. The second-order valence-electron chi connectivity index (χ2n) is 2.76. The molecule has 1 heteroatoms. The predicted molar refractivity (Wildman–Crippen MR) is 48.2 cm³/mol. The topological polar surface area (TPSA) is 0 Å². The quantitative estimate of drug-likeness (QED) is 0.440. The molecule has 0 bridgehead atoms. The zero-order chi connectivity index (χ0) is 7.02. The minimum atomic E-state index is 0. The van der Waals surface area contributed by atoms with Gasteiger partial charge in [0, 0.05) is 6.42 Å². The molecule has 0 aromatic rings. The van der Waals surface area contributed by atoms with Gasteiger partial charge in [-0.15, -0.1) is 0 Å². The summed E-state index contributed by atoms with van der Waals surface area (Å²) in [5, 5.41) is 0. The van der Waals surface area contributed by atoms with Gasteiger partial charge in [0.2, 0.25) is 0 Å². The first kappa shape index (κ1) is 10.1. The normalized spacial score (nSPS) is 18.0. The monoisotopic (exact) mass is 129 g/mol. The molecule has 0 unspecified atom stereocenters. The standard InChI is InChI=1S/C9H13.Li.H/c1-6-5-7(2)9(4)8(6)3;;/h5H,1-4H3;;. The van der Waals surface area contributed by atoms with Crippen molar-refractivity contribution in [2.75, 3.05) is 0 Å². The van der Waals surface area contributed by atoms with Crippen molar-refractivity contribution in [2.45, 2.75) is 27.7 Å². The van der Waals surface area contributed by atoms with Crippen LogP contribution in [0.2, 0.25) is 0 Å². The molecule has 0 nitrogen and oxygen atoms in total. The minimum absolute atomic E-state index is 0. The van der Waals surface area contributed by atoms with E-state index in [4.69, 9.17) is 0 Å². The molecule has 0 saturated carbocycles. The SMILES string of the molecule is CC1=C(C)C(C)=C(C)[CH]1.[LiH]. The molecule has 0 aromatic carbocycles. The van der Waals surface area contributed by atoms with E-state index in [2.05, 4.69) is 34.1 Å². The van der Waals surface area contributed by atoms with Crippen LogP contribution < -0.4 is 0 Å². The van der Waals surface area contributed by atoms with Crippen molar-refractivity contribution in [3.05, 3.63) is 28.7 Å². The van der Waals surface area contributed by atoms with Crippen molar-refractivity contribution in [3.63, 3.8) is 0 Å². The maximum absolute atomic E-state index is 2.24. The summed E-state index contributed by atoms with van der Waals surface area (Å²) in [7, 11) is 0. The van der Waals surface area contributed by atoms with E-state index in [1.54, 1.807) is 0 Å². The fourth-order valence-corrected chi connectivity index (χ4v) is 1.13. The molecule has 0 atom stereocenters. The fourth-order valence-electron chi connectivity index (χ4n) is 1.13. The maximum atomic E-state index is 2.24. The van der Waals surface area contributed by atoms with Crippen LogP contribution in [0.15, 0.2) is 22.3 Å². The number of allylic oxidation sites excluding steroid dienone is 4. The van der Waals surface area contributed by atoms with Gasteiger partial charge < -0.3 is 0 Å². The molecule has 10 heavy (non-hydrogen) atoms. The van der Waals surface area contributed by atoms with Crippen LogP contribution in [-0.4, -0.2) is 18.9 Å². The first-order valence-corrected chi connectivity index (χ1v) is 3.33. The molecule has 0 fully saturated rings. The van der Waals surface area contributed by atoms with E-state index in [1.807, 2.05) is 0 Å². The van der Waals surface area contributed by atoms with Gasteiger partial charge in [0.1, 0.15) is 0 Å². The van der Waals surface area contributed by atoms with Gasteiger partial charge in [-0.25, -0.2) is 0 Å². The van der Waals surface area contributed by atoms with Gasteiger partial charge in [-0.1, -0.05) is 11.1 Å². The predicted octanol–water partition coefficient (Wildman–Crippen LogP) is 2.23. The Labute approximate surface area is 75.6 Å². The van der Waals surface area contributed by atoms with Gasteiger partial charge in [0.25, 0.3) is 0 Å². The fraction of sp³-hybridized carbons (Fsp3) is 0.444. The molecular formula is C9H14Li. The molecule has 0 aromatic heterocycles. The van der Waals surface area contributed by atoms with Gasteiger partial charge >= 0.3 is 18.9 Å². The zero-order valence-corrected chi connectivity index (χ0v) is 6.58. The Morgan fingerprint density at radius 3 is 1.20 bits per heavy atom. The van der Waals surface area contributed by atoms with Crippen LogP contribution in [0.3, 0.4) is 0 Å². The van der Waals surface area contributed by atoms with Crippen LogP contribution in [0.4, 0.5) is 0 Å². The summed E-state index contributed by atoms with van der Waals surface area (Å²) in [6.45, 7) is 8.68. The van der Waals surface area contributed by atoms with Crippen LogP contribution in [-0.2, 0) is 0 Å². The molecule has 0 spiro atoms. The Morgan fingerprint density at radius 2 is 1.10 bits per heavy atom. The van der Waals surface area contributed by atoms with Gasteiger partial charge in [-0.05, 0) is 38.8 Å². The van der Waals surface area contributed by atoms with E-state index in [9.17, 15) is 0 Å². The van der Waals surface area contributed by atoms with Gasteiger partial charge in [-0.2, -0.15) is 0 Å². The van der Waals surface area contributed by atoms with Crippen molar-refractivity contribution in [2.24, 2.45) is 0 Å². The Morgan fingerprint density at radius 1 is 0.800 bits per heavy atom. The zero-order valence-electron chi connectivity index (χ0n) is 6.58. The second kappa shape index (κ2) is 3.46. The Hall–Kier alpha value is 0.0774. The Balaban J connectivity index is 0.000000810. The summed E-state index contributed by atoms with van der Waals surface area (Å²) in [4.78, 5) is 0. The molecule has 1 radical (unpaired) electrons. The summed E-state index contributed by atoms with van der Waals surface area (Å²) in [5.74, 6) is 0. The molecule has 0 amide bonds. The first-order chi connectivity index (χ1) is 4.13. The Bertz CT molecular complexity index is 175. The third-order valence-corrected chi connectivity index (χ3v) is 2.18. The third kappa shape index (κ3) is 1.57. The van der Waals surface area contributed by atoms with E-state index >= 15 is 0 Å². The van der Waals surface area contributed by atoms with Crippen LogP contribution >= 0.6 is 0 Å². The Kier molecular flexibility index (Phi) is 3.49. The van der Waals surface area contributed by atoms with Crippen LogP contribution in [0, 0.1) is 6.42 Å². The molecule has 1 aliphatic rings. The van der Waals surface area contributed by atoms with E-state index in [0.29, 0.717) is 0 Å². The van der Waals surface area contributed by atoms with Gasteiger partial charge in [0.05, 0.1) is 0 Å². The summed E-state index contributed by atoms with van der Waals surface area (Å²) in [5.41, 5.74) is 5.75. The van der Waals surface area contributed by atoms with Crippen LogP contribution in [0.1, 0.15) is 27.7 Å². The molecule has 51 valence electrons. The molecular weight excluding hydrogens is 115 g/mol. The van der Waals surface area contributed by atoms with Gasteiger partial charge in [0.15, 0.2) is 0 Å². The molecule has 1 aliphatic carbocycles. The van der Waals surface area contributed by atoms with E-state index in [0.717, 1.165) is 0 Å². The summed E-state index contributed by atoms with van der Waals surface area (Å²) in [6, 6.07) is 0.